The highest BCUT2D eigenvalue weighted by Crippen LogP contribution is 2.25. The maximum absolute atomic E-state index is 12.7. The summed E-state index contributed by atoms with van der Waals surface area (Å²) < 4.78 is 7.25. The van der Waals surface area contributed by atoms with Crippen molar-refractivity contribution in [3.8, 4) is 0 Å². The number of esters is 1. The van der Waals surface area contributed by atoms with Crippen LogP contribution in [0.5, 0.6) is 0 Å². The molecule has 0 bridgehead atoms. The first-order valence-electron chi connectivity index (χ1n) is 9.11. The average Bonchev–Trinajstić information content (AvgIpc) is 3.00. The van der Waals surface area contributed by atoms with Gasteiger partial charge in [-0.2, -0.15) is 0 Å². The summed E-state index contributed by atoms with van der Waals surface area (Å²) in [6.07, 6.45) is 2.83. The number of rotatable bonds is 6. The molecule has 0 radical (unpaired) electrons. The van der Waals surface area contributed by atoms with E-state index < -0.39 is 5.97 Å². The molecule has 0 fully saturated rings. The zero-order chi connectivity index (χ0) is 20.3. The van der Waals surface area contributed by atoms with E-state index in [2.05, 4.69) is 33.6 Å². The summed E-state index contributed by atoms with van der Waals surface area (Å²) in [5, 5.41) is 0. The van der Waals surface area contributed by atoms with Gasteiger partial charge in [-0.25, -0.2) is 9.78 Å². The number of aromatic nitrogens is 3. The van der Waals surface area contributed by atoms with E-state index in [1.54, 1.807) is 6.92 Å². The lowest BCUT2D eigenvalue weighted by Gasteiger charge is -2.19. The van der Waals surface area contributed by atoms with Crippen molar-refractivity contribution >= 4 is 11.8 Å². The fourth-order valence-electron chi connectivity index (χ4n) is 3.32. The zero-order valence-electron chi connectivity index (χ0n) is 16.5. The van der Waals surface area contributed by atoms with Gasteiger partial charge >= 0.3 is 5.97 Å². The van der Waals surface area contributed by atoms with Crippen LogP contribution in [0, 0.1) is 20.8 Å². The number of carbonyl (C=O) groups is 2. The summed E-state index contributed by atoms with van der Waals surface area (Å²) in [4.78, 5) is 32.7. The number of ketones is 1. The third-order valence-electron chi connectivity index (χ3n) is 4.78. The smallest absolute Gasteiger partial charge is 0.358 e. The van der Waals surface area contributed by atoms with Crippen molar-refractivity contribution < 1.29 is 14.3 Å². The van der Waals surface area contributed by atoms with Crippen molar-refractivity contribution in [2.75, 3.05) is 6.61 Å². The van der Waals surface area contributed by atoms with Crippen molar-refractivity contribution in [1.29, 1.82) is 0 Å². The Bertz CT molecular complexity index is 992. The van der Waals surface area contributed by atoms with Crippen LogP contribution in [0.15, 0.2) is 48.8 Å². The van der Waals surface area contributed by atoms with Gasteiger partial charge < -0.3 is 9.30 Å². The first-order chi connectivity index (χ1) is 13.4. The third kappa shape index (κ3) is 4.01. The third-order valence-corrected chi connectivity index (χ3v) is 4.78. The van der Waals surface area contributed by atoms with E-state index in [0.29, 0.717) is 11.3 Å². The van der Waals surface area contributed by atoms with E-state index in [1.807, 2.05) is 38.1 Å². The molecule has 0 spiro atoms. The fraction of sp³-hybridized carbons (Fsp3) is 0.273. The number of aryl methyl sites for hydroxylation is 2. The molecule has 2 heterocycles. The second kappa shape index (κ2) is 8.17. The topological polar surface area (TPSA) is 74.1 Å². The molecule has 0 aliphatic rings. The molecule has 28 heavy (non-hydrogen) atoms. The quantitative estimate of drug-likeness (QED) is 0.482. The molecule has 0 saturated carbocycles. The van der Waals surface area contributed by atoms with E-state index in [9.17, 15) is 9.59 Å². The average molecular weight is 377 g/mol. The van der Waals surface area contributed by atoms with Crippen LogP contribution in [0.3, 0.4) is 0 Å². The predicted molar refractivity (Wildman–Crippen MR) is 106 cm³/mol. The Morgan fingerprint density at radius 3 is 2.43 bits per heavy atom. The van der Waals surface area contributed by atoms with Crippen LogP contribution >= 0.6 is 0 Å². The summed E-state index contributed by atoms with van der Waals surface area (Å²) in [5.74, 6) is -0.902. The molecule has 0 aliphatic heterocycles. The van der Waals surface area contributed by atoms with Crippen molar-refractivity contribution in [3.63, 3.8) is 0 Å². The minimum atomic E-state index is -0.660. The van der Waals surface area contributed by atoms with Gasteiger partial charge in [0.05, 0.1) is 17.9 Å². The second-order valence-electron chi connectivity index (χ2n) is 6.78. The molecular weight excluding hydrogens is 354 g/mol. The van der Waals surface area contributed by atoms with Crippen molar-refractivity contribution in [2.45, 2.75) is 33.7 Å². The lowest BCUT2D eigenvalue weighted by Crippen LogP contribution is -2.16. The monoisotopic (exact) mass is 377 g/mol. The molecule has 3 rings (SSSR count). The Labute approximate surface area is 164 Å². The molecule has 0 unspecified atom stereocenters. The van der Waals surface area contributed by atoms with E-state index in [-0.39, 0.29) is 24.1 Å². The van der Waals surface area contributed by atoms with Crippen LogP contribution in [-0.4, -0.2) is 32.9 Å². The lowest BCUT2D eigenvalue weighted by molar-refractivity contribution is 0.0468. The Morgan fingerprint density at radius 2 is 1.79 bits per heavy atom. The van der Waals surface area contributed by atoms with Gasteiger partial charge in [-0.05, 0) is 39.3 Å². The number of hydrogen-bond donors (Lipinski definition) is 0. The van der Waals surface area contributed by atoms with Crippen LogP contribution < -0.4 is 0 Å². The normalized spacial score (nSPS) is 11.9. The van der Waals surface area contributed by atoms with Crippen molar-refractivity contribution in [1.82, 2.24) is 14.5 Å². The molecular formula is C22H23N3O3. The summed E-state index contributed by atoms with van der Waals surface area (Å²) in [6.45, 7) is 7.42. The molecule has 0 saturated heterocycles. The molecule has 1 atom stereocenters. The molecule has 1 aromatic carbocycles. The number of benzene rings is 1. The van der Waals surface area contributed by atoms with Crippen molar-refractivity contribution in [3.05, 3.63) is 82.7 Å². The highest BCUT2D eigenvalue weighted by atomic mass is 16.5. The van der Waals surface area contributed by atoms with E-state index in [4.69, 9.17) is 4.74 Å². The van der Waals surface area contributed by atoms with Gasteiger partial charge in [0.2, 0.25) is 5.78 Å². The van der Waals surface area contributed by atoms with E-state index in [1.165, 1.54) is 12.4 Å². The first-order valence-corrected chi connectivity index (χ1v) is 9.11. The SMILES string of the molecule is Cc1cnc(C(=O)OCC(=O)c2cc(C)n([C@H](C)c3ccccc3)c2C)cn1. The number of Topliss-reactive ketones (excluding diaryl/α,β-unsaturated/α-hetero) is 1. The maximum atomic E-state index is 12.7. The molecule has 6 heteroatoms. The minimum Gasteiger partial charge on any atom is -0.453 e. The number of nitrogens with zero attached hydrogens (tertiary/aromatic N) is 3. The first kappa shape index (κ1) is 19.5. The predicted octanol–water partition coefficient (Wildman–Crippen LogP) is 3.85. The second-order valence-corrected chi connectivity index (χ2v) is 6.78. The number of carbonyl (C=O) groups excluding carboxylic acids is 2. The Hall–Kier alpha value is -3.28. The van der Waals surface area contributed by atoms with Gasteiger partial charge in [-0.3, -0.25) is 9.78 Å². The summed E-state index contributed by atoms with van der Waals surface area (Å²) in [5.41, 5.74) is 4.34. The van der Waals surface area contributed by atoms with E-state index >= 15 is 0 Å². The summed E-state index contributed by atoms with van der Waals surface area (Å²) in [6, 6.07) is 12.0. The van der Waals surface area contributed by atoms with Crippen LogP contribution in [0.1, 0.15) is 56.5 Å². The molecule has 144 valence electrons. The largest absolute Gasteiger partial charge is 0.453 e. The van der Waals surface area contributed by atoms with Gasteiger partial charge in [0.25, 0.3) is 0 Å². The van der Waals surface area contributed by atoms with Gasteiger partial charge in [0, 0.05) is 23.1 Å². The number of ether oxygens (including phenoxy) is 1. The highest BCUT2D eigenvalue weighted by Gasteiger charge is 2.21. The lowest BCUT2D eigenvalue weighted by atomic mass is 10.1. The molecule has 2 aromatic heterocycles. The summed E-state index contributed by atoms with van der Waals surface area (Å²) >= 11 is 0. The number of hydrogen-bond acceptors (Lipinski definition) is 5. The molecule has 0 aliphatic carbocycles. The minimum absolute atomic E-state index is 0.0848. The maximum Gasteiger partial charge on any atom is 0.358 e. The van der Waals surface area contributed by atoms with Crippen LogP contribution in [0.2, 0.25) is 0 Å². The van der Waals surface area contributed by atoms with Gasteiger partial charge in [0.15, 0.2) is 12.3 Å². The Morgan fingerprint density at radius 1 is 1.07 bits per heavy atom. The molecule has 0 N–H and O–H groups in total. The standard InChI is InChI=1S/C22H23N3O3/c1-14-11-24-20(12-23-14)22(27)28-13-21(26)19-10-15(2)25(17(19)4)16(3)18-8-6-5-7-9-18/h5-12,16H,13H2,1-4H3/t16-/m1/s1. The Kier molecular flexibility index (Phi) is 5.68. The molecule has 3 aromatic rings. The van der Waals surface area contributed by atoms with Crippen molar-refractivity contribution in [2.24, 2.45) is 0 Å². The Balaban J connectivity index is 1.74. The van der Waals surface area contributed by atoms with Gasteiger partial charge in [-0.15, -0.1) is 0 Å². The van der Waals surface area contributed by atoms with Crippen LogP contribution in [-0.2, 0) is 4.74 Å². The zero-order valence-corrected chi connectivity index (χ0v) is 16.5. The van der Waals surface area contributed by atoms with Gasteiger partial charge in [0.1, 0.15) is 0 Å². The van der Waals surface area contributed by atoms with Crippen LogP contribution in [0.4, 0.5) is 0 Å². The van der Waals surface area contributed by atoms with E-state index in [0.717, 1.165) is 17.0 Å². The van der Waals surface area contributed by atoms with Gasteiger partial charge in [-0.1, -0.05) is 30.3 Å². The highest BCUT2D eigenvalue weighted by molar-refractivity contribution is 6.00. The molecule has 6 nitrogen and oxygen atoms in total. The summed E-state index contributed by atoms with van der Waals surface area (Å²) in [7, 11) is 0. The van der Waals surface area contributed by atoms with Crippen LogP contribution in [0.25, 0.3) is 0 Å². The molecule has 0 amide bonds. The fourth-order valence-corrected chi connectivity index (χ4v) is 3.32.